The molecule has 0 radical (unpaired) electrons. The molecule has 7 heteroatoms. The molecule has 0 aliphatic heterocycles. The minimum Gasteiger partial charge on any atom is -0.319 e. The Hall–Kier alpha value is -1.53. The van der Waals surface area contributed by atoms with Crippen LogP contribution in [0, 0.1) is 5.95 Å². The summed E-state index contributed by atoms with van der Waals surface area (Å²) >= 11 is 9.04. The number of nitrogens with zero attached hydrogens (tertiary/aromatic N) is 2. The van der Waals surface area contributed by atoms with Gasteiger partial charge in [0.05, 0.1) is 5.69 Å². The number of pyridine rings is 2. The Kier molecular flexibility index (Phi) is 3.88. The van der Waals surface area contributed by atoms with Crippen LogP contribution in [0.25, 0.3) is 0 Å². The monoisotopic (exact) mass is 329 g/mol. The highest BCUT2D eigenvalue weighted by Gasteiger charge is 2.10. The van der Waals surface area contributed by atoms with Crippen molar-refractivity contribution in [2.45, 2.75) is 0 Å². The van der Waals surface area contributed by atoms with Gasteiger partial charge in [-0.15, -0.1) is 0 Å². The van der Waals surface area contributed by atoms with E-state index in [-0.39, 0.29) is 10.7 Å². The van der Waals surface area contributed by atoms with Crippen LogP contribution in [0.5, 0.6) is 0 Å². The summed E-state index contributed by atoms with van der Waals surface area (Å²) in [6.45, 7) is 0. The Morgan fingerprint density at radius 1 is 1.39 bits per heavy atom. The number of halogens is 3. The van der Waals surface area contributed by atoms with Crippen molar-refractivity contribution >= 4 is 39.1 Å². The Morgan fingerprint density at radius 2 is 2.17 bits per heavy atom. The van der Waals surface area contributed by atoms with Gasteiger partial charge >= 0.3 is 0 Å². The highest BCUT2D eigenvalue weighted by molar-refractivity contribution is 9.10. The lowest BCUT2D eigenvalue weighted by Crippen LogP contribution is -2.13. The second-order valence-corrected chi connectivity index (χ2v) is 4.59. The van der Waals surface area contributed by atoms with Crippen LogP contribution in [0.4, 0.5) is 10.1 Å². The van der Waals surface area contributed by atoms with Crippen LogP contribution in [-0.4, -0.2) is 15.9 Å². The van der Waals surface area contributed by atoms with Crippen LogP contribution in [-0.2, 0) is 0 Å². The van der Waals surface area contributed by atoms with Crippen molar-refractivity contribution in [2.24, 2.45) is 0 Å². The molecule has 0 aliphatic carbocycles. The number of hydrogen-bond acceptors (Lipinski definition) is 3. The van der Waals surface area contributed by atoms with Crippen LogP contribution in [0.1, 0.15) is 10.4 Å². The van der Waals surface area contributed by atoms with Gasteiger partial charge in [0.25, 0.3) is 5.91 Å². The first kappa shape index (κ1) is 12.9. The van der Waals surface area contributed by atoms with Crippen molar-refractivity contribution in [3.05, 3.63) is 51.7 Å². The fourth-order valence-electron chi connectivity index (χ4n) is 1.25. The maximum Gasteiger partial charge on any atom is 0.255 e. The van der Waals surface area contributed by atoms with E-state index in [4.69, 9.17) is 11.6 Å². The number of aromatic nitrogens is 2. The number of amides is 1. The normalized spacial score (nSPS) is 10.2. The first-order chi connectivity index (χ1) is 8.56. The summed E-state index contributed by atoms with van der Waals surface area (Å²) in [5, 5.41) is 2.69. The second-order valence-electron chi connectivity index (χ2n) is 3.31. The molecule has 92 valence electrons. The van der Waals surface area contributed by atoms with Gasteiger partial charge in [-0.3, -0.25) is 4.79 Å². The molecule has 2 heterocycles. The van der Waals surface area contributed by atoms with Gasteiger partial charge in [-0.1, -0.05) is 11.6 Å². The largest absolute Gasteiger partial charge is 0.319 e. The molecule has 2 aromatic heterocycles. The third kappa shape index (κ3) is 3.02. The van der Waals surface area contributed by atoms with E-state index in [1.165, 1.54) is 18.5 Å². The molecule has 0 fully saturated rings. The van der Waals surface area contributed by atoms with E-state index in [0.29, 0.717) is 10.2 Å². The second kappa shape index (κ2) is 5.41. The molecule has 4 nitrogen and oxygen atoms in total. The average molecular weight is 331 g/mol. The summed E-state index contributed by atoms with van der Waals surface area (Å²) in [5.41, 5.74) is 0.492. The minimum atomic E-state index is -0.721. The first-order valence-corrected chi connectivity index (χ1v) is 5.97. The molecular weight excluding hydrogens is 324 g/mol. The van der Waals surface area contributed by atoms with Crippen molar-refractivity contribution in [3.8, 4) is 0 Å². The smallest absolute Gasteiger partial charge is 0.255 e. The fraction of sp³-hybridized carbons (Fsp3) is 0. The van der Waals surface area contributed by atoms with Gasteiger partial charge in [0, 0.05) is 28.5 Å². The highest BCUT2D eigenvalue weighted by Crippen LogP contribution is 2.23. The van der Waals surface area contributed by atoms with E-state index >= 15 is 0 Å². The van der Waals surface area contributed by atoms with Crippen molar-refractivity contribution in [2.75, 3.05) is 5.32 Å². The molecule has 2 rings (SSSR count). The Bertz CT molecular complexity index is 609. The number of hydrogen-bond donors (Lipinski definition) is 1. The van der Waals surface area contributed by atoms with Crippen molar-refractivity contribution in [1.29, 1.82) is 0 Å². The summed E-state index contributed by atoms with van der Waals surface area (Å²) in [6, 6.07) is 4.04. The lowest BCUT2D eigenvalue weighted by Gasteiger charge is -2.06. The van der Waals surface area contributed by atoms with Crippen LogP contribution >= 0.6 is 27.5 Å². The number of anilines is 1. The standard InChI is InChI=1S/C11H6BrClFN3O/c12-7-4-8(10(13)16-5-7)17-11(18)6-1-2-15-9(14)3-6/h1-5H,(H,17,18). The molecule has 2 aromatic rings. The molecule has 0 atom stereocenters. The SMILES string of the molecule is O=C(Nc1cc(Br)cnc1Cl)c1ccnc(F)c1. The van der Waals surface area contributed by atoms with E-state index in [9.17, 15) is 9.18 Å². The van der Waals surface area contributed by atoms with E-state index < -0.39 is 11.9 Å². The molecule has 1 N–H and O–H groups in total. The van der Waals surface area contributed by atoms with Gasteiger partial charge in [0.2, 0.25) is 5.95 Å². The van der Waals surface area contributed by atoms with Crippen molar-refractivity contribution in [1.82, 2.24) is 9.97 Å². The molecule has 0 unspecified atom stereocenters. The summed E-state index contributed by atoms with van der Waals surface area (Å²) < 4.78 is 13.5. The van der Waals surface area contributed by atoms with E-state index in [1.54, 1.807) is 6.07 Å². The van der Waals surface area contributed by atoms with Crippen molar-refractivity contribution in [3.63, 3.8) is 0 Å². The lowest BCUT2D eigenvalue weighted by atomic mass is 10.2. The fourth-order valence-corrected chi connectivity index (χ4v) is 1.73. The summed E-state index contributed by atoms with van der Waals surface area (Å²) in [4.78, 5) is 19.1. The number of rotatable bonds is 2. The van der Waals surface area contributed by atoms with Crippen LogP contribution < -0.4 is 5.32 Å². The minimum absolute atomic E-state index is 0.151. The first-order valence-electron chi connectivity index (χ1n) is 4.80. The zero-order valence-corrected chi connectivity index (χ0v) is 11.2. The molecular formula is C11H6BrClFN3O. The molecule has 0 aromatic carbocycles. The Labute approximate surface area is 115 Å². The van der Waals surface area contributed by atoms with Gasteiger partial charge in [-0.25, -0.2) is 9.97 Å². The van der Waals surface area contributed by atoms with Crippen LogP contribution in [0.2, 0.25) is 5.15 Å². The third-order valence-electron chi connectivity index (χ3n) is 2.04. The number of carbonyl (C=O) groups excluding carboxylic acids is 1. The number of nitrogens with one attached hydrogen (secondary N) is 1. The predicted molar refractivity (Wildman–Crippen MR) is 69.1 cm³/mol. The summed E-state index contributed by atoms with van der Waals surface area (Å²) in [5.74, 6) is -1.21. The van der Waals surface area contributed by atoms with Gasteiger partial charge in [0.15, 0.2) is 5.15 Å². The average Bonchev–Trinajstić information content (AvgIpc) is 2.34. The van der Waals surface area contributed by atoms with Crippen LogP contribution in [0.3, 0.4) is 0 Å². The van der Waals surface area contributed by atoms with Gasteiger partial charge in [-0.2, -0.15) is 4.39 Å². The van der Waals surface area contributed by atoms with E-state index in [2.05, 4.69) is 31.2 Å². The highest BCUT2D eigenvalue weighted by atomic mass is 79.9. The molecule has 0 spiro atoms. The summed E-state index contributed by atoms with van der Waals surface area (Å²) in [7, 11) is 0. The van der Waals surface area contributed by atoms with Gasteiger partial charge in [0.1, 0.15) is 0 Å². The molecule has 1 amide bonds. The third-order valence-corrected chi connectivity index (χ3v) is 2.78. The molecule has 0 saturated heterocycles. The maximum atomic E-state index is 12.9. The zero-order chi connectivity index (χ0) is 13.1. The molecule has 0 saturated carbocycles. The van der Waals surface area contributed by atoms with E-state index in [1.807, 2.05) is 0 Å². The maximum absolute atomic E-state index is 12.9. The predicted octanol–water partition coefficient (Wildman–Crippen LogP) is 3.28. The quantitative estimate of drug-likeness (QED) is 0.860. The molecule has 18 heavy (non-hydrogen) atoms. The van der Waals surface area contributed by atoms with Gasteiger partial charge < -0.3 is 5.32 Å². The Balaban J connectivity index is 2.24. The van der Waals surface area contributed by atoms with E-state index in [0.717, 1.165) is 6.07 Å². The molecule has 0 aliphatic rings. The topological polar surface area (TPSA) is 54.9 Å². The number of carbonyl (C=O) groups is 1. The lowest BCUT2D eigenvalue weighted by molar-refractivity contribution is 0.102. The van der Waals surface area contributed by atoms with Gasteiger partial charge in [-0.05, 0) is 28.1 Å². The van der Waals surface area contributed by atoms with Crippen molar-refractivity contribution < 1.29 is 9.18 Å². The molecule has 0 bridgehead atoms. The summed E-state index contributed by atoms with van der Waals surface area (Å²) in [6.07, 6.45) is 2.72. The zero-order valence-electron chi connectivity index (χ0n) is 8.82. The Morgan fingerprint density at radius 3 is 2.89 bits per heavy atom. The van der Waals surface area contributed by atoms with Crippen LogP contribution in [0.15, 0.2) is 35.1 Å².